The highest BCUT2D eigenvalue weighted by Crippen LogP contribution is 2.37. The molecule has 2 rings (SSSR count). The van der Waals surface area contributed by atoms with E-state index in [9.17, 15) is 23.1 Å². The van der Waals surface area contributed by atoms with Gasteiger partial charge in [0.2, 0.25) is 5.91 Å². The fourth-order valence-corrected chi connectivity index (χ4v) is 6.89. The van der Waals surface area contributed by atoms with E-state index in [1.54, 1.807) is 25.1 Å². The molecule has 0 spiro atoms. The molecule has 0 aliphatic heterocycles. The number of rotatable bonds is 19. The molecule has 2 aromatic rings. The molecule has 0 saturated carbocycles. The molecule has 6 nitrogen and oxygen atoms in total. The number of hydrogen-bond donors (Lipinski definition) is 2. The number of nitrogens with one attached hydrogen (secondary N) is 1. The lowest BCUT2D eigenvalue weighted by Gasteiger charge is -2.22. The van der Waals surface area contributed by atoms with Gasteiger partial charge in [-0.2, -0.15) is 0 Å². The van der Waals surface area contributed by atoms with Crippen LogP contribution >= 0.6 is 11.8 Å². The average molecular weight is 562 g/mol. The van der Waals surface area contributed by atoms with Crippen LogP contribution < -0.4 is 4.72 Å². The van der Waals surface area contributed by atoms with Gasteiger partial charge in [0.1, 0.15) is 0 Å². The molecule has 0 aliphatic rings. The van der Waals surface area contributed by atoms with Gasteiger partial charge in [-0.15, -0.1) is 11.8 Å². The summed E-state index contributed by atoms with van der Waals surface area (Å²) < 4.78 is 27.3. The first-order valence-electron chi connectivity index (χ1n) is 13.8. The number of amides is 1. The van der Waals surface area contributed by atoms with Crippen molar-refractivity contribution < 1.29 is 23.1 Å². The van der Waals surface area contributed by atoms with E-state index in [2.05, 4.69) is 11.6 Å². The number of carbonyl (C=O) groups is 2. The van der Waals surface area contributed by atoms with Gasteiger partial charge in [0.25, 0.3) is 10.0 Å². The Balaban J connectivity index is 1.95. The normalized spacial score (nSPS) is 13.1. The van der Waals surface area contributed by atoms with Gasteiger partial charge in [0, 0.05) is 5.25 Å². The quantitative estimate of drug-likeness (QED) is 0.175. The molecule has 0 heterocycles. The lowest BCUT2D eigenvalue weighted by atomic mass is 9.97. The Bertz CT molecular complexity index is 1090. The first kappa shape index (κ1) is 31.9. The molecule has 8 heteroatoms. The Kier molecular flexibility index (Phi) is 14.5. The zero-order valence-corrected chi connectivity index (χ0v) is 24.4. The van der Waals surface area contributed by atoms with Crippen molar-refractivity contribution in [2.24, 2.45) is 0 Å². The van der Waals surface area contributed by atoms with Gasteiger partial charge in [-0.25, -0.2) is 13.1 Å². The molecule has 2 atom stereocenters. The Hall–Kier alpha value is -2.32. The number of aliphatic carboxylic acids is 1. The molecule has 0 radical (unpaired) electrons. The molecule has 1 amide bonds. The molecule has 210 valence electrons. The summed E-state index contributed by atoms with van der Waals surface area (Å²) >= 11 is 1.19. The van der Waals surface area contributed by atoms with E-state index in [1.165, 1.54) is 75.3 Å². The minimum Gasteiger partial charge on any atom is -0.481 e. The van der Waals surface area contributed by atoms with E-state index in [0.29, 0.717) is 0 Å². The van der Waals surface area contributed by atoms with Gasteiger partial charge in [0.15, 0.2) is 0 Å². The Morgan fingerprint density at radius 2 is 1.39 bits per heavy atom. The summed E-state index contributed by atoms with van der Waals surface area (Å²) in [6.07, 6.45) is 13.2. The van der Waals surface area contributed by atoms with Gasteiger partial charge < -0.3 is 5.11 Å². The predicted octanol–water partition coefficient (Wildman–Crippen LogP) is 7.29. The van der Waals surface area contributed by atoms with Crippen LogP contribution in [-0.4, -0.2) is 30.7 Å². The molecular formula is C30H43NO5S2. The number of carbonyl (C=O) groups excluding carboxylic acids is 1. The maximum atomic E-state index is 12.8. The second-order valence-electron chi connectivity index (χ2n) is 9.78. The second kappa shape index (κ2) is 17.3. The van der Waals surface area contributed by atoms with Crippen molar-refractivity contribution in [2.75, 3.05) is 0 Å². The molecule has 38 heavy (non-hydrogen) atoms. The summed E-state index contributed by atoms with van der Waals surface area (Å²) in [5.74, 6) is -1.62. The van der Waals surface area contributed by atoms with Crippen LogP contribution in [0.5, 0.6) is 0 Å². The molecule has 0 bridgehead atoms. The summed E-state index contributed by atoms with van der Waals surface area (Å²) in [6.45, 7) is 3.85. The van der Waals surface area contributed by atoms with Gasteiger partial charge in [-0.05, 0) is 43.0 Å². The monoisotopic (exact) mass is 561 g/mol. The van der Waals surface area contributed by atoms with E-state index in [0.717, 1.165) is 30.4 Å². The minimum atomic E-state index is -3.99. The summed E-state index contributed by atoms with van der Waals surface area (Å²) in [5.41, 5.74) is 2.00. The Morgan fingerprint density at radius 1 is 0.842 bits per heavy atom. The van der Waals surface area contributed by atoms with Crippen molar-refractivity contribution in [3.05, 3.63) is 65.7 Å². The zero-order chi connectivity index (χ0) is 27.8. The first-order chi connectivity index (χ1) is 18.2. The summed E-state index contributed by atoms with van der Waals surface area (Å²) in [7, 11) is -3.99. The molecular weight excluding hydrogens is 518 g/mol. The van der Waals surface area contributed by atoms with Gasteiger partial charge in [-0.1, -0.05) is 107 Å². The summed E-state index contributed by atoms with van der Waals surface area (Å²) in [4.78, 5) is 24.5. The minimum absolute atomic E-state index is 0.00877. The largest absolute Gasteiger partial charge is 0.481 e. The SMILES string of the molecule is CCCCCCCCCCCCc1ccccc1C(CC(=O)O)SC(C)C(=O)NS(=O)(=O)c1ccccc1. The van der Waals surface area contributed by atoms with Gasteiger partial charge in [-0.3, -0.25) is 9.59 Å². The number of benzene rings is 2. The maximum absolute atomic E-state index is 12.8. The Labute approximate surface area is 233 Å². The van der Waals surface area contributed by atoms with E-state index in [-0.39, 0.29) is 11.3 Å². The number of carboxylic acid groups (broad SMARTS) is 1. The summed E-state index contributed by atoms with van der Waals surface area (Å²) in [5, 5.41) is 8.35. The fourth-order valence-electron chi connectivity index (χ4n) is 4.45. The lowest BCUT2D eigenvalue weighted by Crippen LogP contribution is -2.36. The predicted molar refractivity (Wildman–Crippen MR) is 156 cm³/mol. The lowest BCUT2D eigenvalue weighted by molar-refractivity contribution is -0.137. The average Bonchev–Trinajstić information content (AvgIpc) is 2.89. The van der Waals surface area contributed by atoms with Crippen LogP contribution in [0, 0.1) is 0 Å². The van der Waals surface area contributed by atoms with Crippen LogP contribution in [0.15, 0.2) is 59.5 Å². The van der Waals surface area contributed by atoms with E-state index >= 15 is 0 Å². The molecule has 0 aromatic heterocycles. The molecule has 0 fully saturated rings. The standard InChI is InChI=1S/C30H43NO5S2/c1-3-4-5-6-7-8-9-10-11-13-18-25-19-16-17-22-27(25)28(23-29(32)33)37-24(2)30(34)31-38(35,36)26-20-14-12-15-21-26/h12,14-17,19-22,24,28H,3-11,13,18,23H2,1-2H3,(H,31,34)(H,32,33). The zero-order valence-electron chi connectivity index (χ0n) is 22.7. The summed E-state index contributed by atoms with van der Waals surface area (Å²) in [6, 6.07) is 15.5. The van der Waals surface area contributed by atoms with Crippen LogP contribution in [0.1, 0.15) is 101 Å². The molecule has 2 N–H and O–H groups in total. The molecule has 2 aromatic carbocycles. The van der Waals surface area contributed by atoms with E-state index in [4.69, 9.17) is 0 Å². The van der Waals surface area contributed by atoms with Crippen molar-refractivity contribution in [3.8, 4) is 0 Å². The van der Waals surface area contributed by atoms with Crippen molar-refractivity contribution in [1.29, 1.82) is 0 Å². The fraction of sp³-hybridized carbons (Fsp3) is 0.533. The molecule has 0 aliphatic carbocycles. The van der Waals surface area contributed by atoms with Crippen LogP contribution in [0.25, 0.3) is 0 Å². The third kappa shape index (κ3) is 11.6. The maximum Gasteiger partial charge on any atom is 0.304 e. The Morgan fingerprint density at radius 3 is 2.00 bits per heavy atom. The number of sulfonamides is 1. The number of carboxylic acids is 1. The van der Waals surface area contributed by atoms with Crippen molar-refractivity contribution in [2.45, 2.75) is 106 Å². The van der Waals surface area contributed by atoms with E-state index < -0.39 is 32.4 Å². The molecule has 2 unspecified atom stereocenters. The topological polar surface area (TPSA) is 101 Å². The van der Waals surface area contributed by atoms with Gasteiger partial charge in [0.05, 0.1) is 16.6 Å². The molecule has 0 saturated heterocycles. The van der Waals surface area contributed by atoms with Crippen molar-refractivity contribution >= 4 is 33.7 Å². The van der Waals surface area contributed by atoms with Crippen molar-refractivity contribution in [1.82, 2.24) is 4.72 Å². The smallest absolute Gasteiger partial charge is 0.304 e. The highest BCUT2D eigenvalue weighted by Gasteiger charge is 2.27. The highest BCUT2D eigenvalue weighted by atomic mass is 32.2. The van der Waals surface area contributed by atoms with Crippen LogP contribution in [0.2, 0.25) is 0 Å². The van der Waals surface area contributed by atoms with Crippen LogP contribution in [0.4, 0.5) is 0 Å². The highest BCUT2D eigenvalue weighted by molar-refractivity contribution is 8.01. The second-order valence-corrected chi connectivity index (χ2v) is 13.0. The van der Waals surface area contributed by atoms with Crippen LogP contribution in [-0.2, 0) is 26.0 Å². The van der Waals surface area contributed by atoms with Gasteiger partial charge >= 0.3 is 5.97 Å². The first-order valence-corrected chi connectivity index (χ1v) is 16.2. The number of thioether (sulfide) groups is 1. The number of unbranched alkanes of at least 4 members (excludes halogenated alkanes) is 9. The third-order valence-corrected chi connectivity index (χ3v) is 9.32. The van der Waals surface area contributed by atoms with Crippen molar-refractivity contribution in [3.63, 3.8) is 0 Å². The van der Waals surface area contributed by atoms with Crippen LogP contribution in [0.3, 0.4) is 0 Å². The van der Waals surface area contributed by atoms with E-state index in [1.807, 2.05) is 24.3 Å². The number of hydrogen-bond acceptors (Lipinski definition) is 5. The third-order valence-electron chi connectivity index (χ3n) is 6.59. The number of aryl methyl sites for hydroxylation is 1.